The van der Waals surface area contributed by atoms with Crippen LogP contribution in [-0.4, -0.2) is 27.9 Å². The first-order chi connectivity index (χ1) is 5.13. The molecule has 0 aromatic carbocycles. The van der Waals surface area contributed by atoms with Crippen molar-refractivity contribution in [2.45, 2.75) is 0 Å². The van der Waals surface area contributed by atoms with Gasteiger partial charge >= 0.3 is 11.9 Å². The second kappa shape index (κ2) is 2.96. The molecule has 0 fully saturated rings. The van der Waals surface area contributed by atoms with E-state index in [1.807, 2.05) is 0 Å². The summed E-state index contributed by atoms with van der Waals surface area (Å²) in [6, 6.07) is 0. The fraction of sp³-hybridized carbons (Fsp3) is 0.333. The summed E-state index contributed by atoms with van der Waals surface area (Å²) in [5.74, 6) is -2.71. The van der Waals surface area contributed by atoms with Gasteiger partial charge < -0.3 is 10.2 Å². The van der Waals surface area contributed by atoms with Gasteiger partial charge in [0.1, 0.15) is 0 Å². The van der Waals surface area contributed by atoms with Gasteiger partial charge in [-0.1, -0.05) is 0 Å². The summed E-state index contributed by atoms with van der Waals surface area (Å²) in [6.45, 7) is 0. The molecular weight excluding hydrogens is 168 g/mol. The Balaban J connectivity index is 2.79. The zero-order valence-corrected chi connectivity index (χ0v) is 6.30. The van der Waals surface area contributed by atoms with Gasteiger partial charge in [-0.3, -0.25) is 4.79 Å². The third-order valence-electron chi connectivity index (χ3n) is 1.39. The molecule has 1 unspecified atom stereocenters. The van der Waals surface area contributed by atoms with E-state index in [4.69, 9.17) is 10.2 Å². The lowest BCUT2D eigenvalue weighted by Crippen LogP contribution is -2.20. The van der Waals surface area contributed by atoms with Gasteiger partial charge in [0, 0.05) is 5.75 Å². The zero-order chi connectivity index (χ0) is 8.43. The standard InChI is InChI=1S/C6H6O4S/c7-5(8)3-1-11-2-4(3)6(9)10/h1,4H,2H2,(H,7,8)(H,9,10). The number of hydrogen-bond acceptors (Lipinski definition) is 3. The van der Waals surface area contributed by atoms with Crippen LogP contribution in [0.2, 0.25) is 0 Å². The number of thioether (sulfide) groups is 1. The van der Waals surface area contributed by atoms with Crippen LogP contribution in [0.3, 0.4) is 0 Å². The molecule has 0 aromatic heterocycles. The first-order valence-electron chi connectivity index (χ1n) is 2.90. The Bertz CT molecular complexity index is 233. The number of rotatable bonds is 2. The Morgan fingerprint density at radius 1 is 1.55 bits per heavy atom. The van der Waals surface area contributed by atoms with E-state index >= 15 is 0 Å². The van der Waals surface area contributed by atoms with Crippen LogP contribution >= 0.6 is 11.8 Å². The molecule has 60 valence electrons. The third-order valence-corrected chi connectivity index (χ3v) is 2.34. The molecule has 0 bridgehead atoms. The lowest BCUT2D eigenvalue weighted by atomic mass is 10.0. The maximum Gasteiger partial charge on any atom is 0.333 e. The molecule has 0 saturated heterocycles. The quantitative estimate of drug-likeness (QED) is 0.633. The van der Waals surface area contributed by atoms with Crippen molar-refractivity contribution in [1.82, 2.24) is 0 Å². The van der Waals surface area contributed by atoms with Crippen molar-refractivity contribution in [3.63, 3.8) is 0 Å². The average molecular weight is 174 g/mol. The molecule has 1 rings (SSSR count). The zero-order valence-electron chi connectivity index (χ0n) is 5.48. The smallest absolute Gasteiger partial charge is 0.333 e. The second-order valence-electron chi connectivity index (χ2n) is 2.10. The SMILES string of the molecule is O=C(O)C1=CSCC1C(=O)O. The summed E-state index contributed by atoms with van der Waals surface area (Å²) >= 11 is 1.22. The highest BCUT2D eigenvalue weighted by atomic mass is 32.2. The van der Waals surface area contributed by atoms with Gasteiger partial charge in [-0.25, -0.2) is 4.79 Å². The van der Waals surface area contributed by atoms with Crippen LogP contribution in [0.25, 0.3) is 0 Å². The Morgan fingerprint density at radius 3 is 2.55 bits per heavy atom. The molecule has 0 amide bonds. The minimum atomic E-state index is -1.14. The maximum atomic E-state index is 10.4. The Kier molecular flexibility index (Phi) is 2.19. The minimum Gasteiger partial charge on any atom is -0.481 e. The minimum absolute atomic E-state index is 0.0116. The summed E-state index contributed by atoms with van der Waals surface area (Å²) in [7, 11) is 0. The monoisotopic (exact) mass is 174 g/mol. The van der Waals surface area contributed by atoms with Crippen molar-refractivity contribution >= 4 is 23.7 Å². The molecule has 1 heterocycles. The fourth-order valence-electron chi connectivity index (χ4n) is 0.810. The molecule has 0 aromatic rings. The Hall–Kier alpha value is -0.970. The number of carboxylic acid groups (broad SMARTS) is 2. The maximum absolute atomic E-state index is 10.4. The molecule has 0 saturated carbocycles. The van der Waals surface area contributed by atoms with Crippen LogP contribution in [-0.2, 0) is 9.59 Å². The predicted octanol–water partition coefficient (Wildman–Crippen LogP) is 0.403. The predicted molar refractivity (Wildman–Crippen MR) is 39.3 cm³/mol. The van der Waals surface area contributed by atoms with Crippen LogP contribution < -0.4 is 0 Å². The van der Waals surface area contributed by atoms with Crippen molar-refractivity contribution in [2.24, 2.45) is 5.92 Å². The van der Waals surface area contributed by atoms with Crippen LogP contribution in [0.5, 0.6) is 0 Å². The lowest BCUT2D eigenvalue weighted by molar-refractivity contribution is -0.142. The number of carboxylic acids is 2. The summed E-state index contributed by atoms with van der Waals surface area (Å²) in [5, 5.41) is 18.4. The van der Waals surface area contributed by atoms with E-state index in [0.29, 0.717) is 5.75 Å². The van der Waals surface area contributed by atoms with E-state index in [2.05, 4.69) is 0 Å². The van der Waals surface area contributed by atoms with Crippen LogP contribution in [0, 0.1) is 5.92 Å². The van der Waals surface area contributed by atoms with Crippen molar-refractivity contribution in [2.75, 3.05) is 5.75 Å². The number of hydrogen-bond donors (Lipinski definition) is 2. The van der Waals surface area contributed by atoms with E-state index in [-0.39, 0.29) is 5.57 Å². The molecular formula is C6H6O4S. The van der Waals surface area contributed by atoms with Crippen molar-refractivity contribution in [3.05, 3.63) is 11.0 Å². The first-order valence-corrected chi connectivity index (χ1v) is 3.95. The summed E-state index contributed by atoms with van der Waals surface area (Å²) < 4.78 is 0. The number of carbonyl (C=O) groups is 2. The molecule has 1 aliphatic rings. The Labute approximate surface area is 66.9 Å². The van der Waals surface area contributed by atoms with Crippen molar-refractivity contribution < 1.29 is 19.8 Å². The summed E-state index contributed by atoms with van der Waals surface area (Å²) in [4.78, 5) is 20.8. The summed E-state index contributed by atoms with van der Waals surface area (Å²) in [6.07, 6.45) is 0. The van der Waals surface area contributed by atoms with E-state index in [1.165, 1.54) is 17.2 Å². The summed E-state index contributed by atoms with van der Waals surface area (Å²) in [5.41, 5.74) is -0.0116. The van der Waals surface area contributed by atoms with E-state index in [9.17, 15) is 9.59 Å². The molecule has 0 radical (unpaired) electrons. The van der Waals surface area contributed by atoms with E-state index < -0.39 is 17.9 Å². The lowest BCUT2D eigenvalue weighted by Gasteiger charge is -2.02. The van der Waals surface area contributed by atoms with Gasteiger partial charge in [-0.15, -0.1) is 11.8 Å². The van der Waals surface area contributed by atoms with Gasteiger partial charge in [0.15, 0.2) is 0 Å². The molecule has 1 atom stereocenters. The molecule has 2 N–H and O–H groups in total. The van der Waals surface area contributed by atoms with Crippen LogP contribution in [0.1, 0.15) is 0 Å². The topological polar surface area (TPSA) is 74.6 Å². The highest BCUT2D eigenvalue weighted by Gasteiger charge is 2.30. The number of aliphatic carboxylic acids is 2. The average Bonchev–Trinajstić information content (AvgIpc) is 2.32. The molecule has 0 spiro atoms. The van der Waals surface area contributed by atoms with E-state index in [1.54, 1.807) is 0 Å². The molecule has 0 aliphatic carbocycles. The highest BCUT2D eigenvalue weighted by Crippen LogP contribution is 2.28. The van der Waals surface area contributed by atoms with Crippen molar-refractivity contribution in [3.8, 4) is 0 Å². The van der Waals surface area contributed by atoms with Crippen molar-refractivity contribution in [1.29, 1.82) is 0 Å². The fourth-order valence-corrected chi connectivity index (χ4v) is 1.87. The van der Waals surface area contributed by atoms with Gasteiger partial charge in [-0.2, -0.15) is 0 Å². The third kappa shape index (κ3) is 1.54. The molecule has 11 heavy (non-hydrogen) atoms. The Morgan fingerprint density at radius 2 is 2.18 bits per heavy atom. The first kappa shape index (κ1) is 8.13. The van der Waals surface area contributed by atoms with Gasteiger partial charge in [0.05, 0.1) is 11.5 Å². The van der Waals surface area contributed by atoms with Gasteiger partial charge in [-0.05, 0) is 5.41 Å². The van der Waals surface area contributed by atoms with Gasteiger partial charge in [0.2, 0.25) is 0 Å². The molecule has 4 nitrogen and oxygen atoms in total. The highest BCUT2D eigenvalue weighted by molar-refractivity contribution is 8.02. The molecule has 1 aliphatic heterocycles. The van der Waals surface area contributed by atoms with Crippen LogP contribution in [0.15, 0.2) is 11.0 Å². The van der Waals surface area contributed by atoms with E-state index in [0.717, 1.165) is 0 Å². The van der Waals surface area contributed by atoms with Crippen LogP contribution in [0.4, 0.5) is 0 Å². The largest absolute Gasteiger partial charge is 0.481 e. The molecule has 5 heteroatoms. The van der Waals surface area contributed by atoms with Gasteiger partial charge in [0.25, 0.3) is 0 Å². The second-order valence-corrected chi connectivity index (χ2v) is 3.00. The normalized spacial score (nSPS) is 22.9.